The van der Waals surface area contributed by atoms with Gasteiger partial charge in [0.05, 0.1) is 24.8 Å². The minimum absolute atomic E-state index is 0.177. The highest BCUT2D eigenvalue weighted by Crippen LogP contribution is 2.32. The van der Waals surface area contributed by atoms with E-state index in [2.05, 4.69) is 5.32 Å². The fraction of sp³-hybridized carbons (Fsp3) is 0.208. The van der Waals surface area contributed by atoms with Crippen LogP contribution in [0.1, 0.15) is 12.5 Å². The molecular formula is C24H25FN2O5S. The molecule has 0 heterocycles. The summed E-state index contributed by atoms with van der Waals surface area (Å²) in [5.41, 5.74) is 1.36. The van der Waals surface area contributed by atoms with Gasteiger partial charge in [-0.15, -0.1) is 0 Å². The van der Waals surface area contributed by atoms with E-state index in [0.717, 1.165) is 22.4 Å². The molecule has 0 aliphatic carbocycles. The lowest BCUT2D eigenvalue weighted by Crippen LogP contribution is -2.38. The van der Waals surface area contributed by atoms with Gasteiger partial charge < -0.3 is 14.8 Å². The van der Waals surface area contributed by atoms with E-state index in [1.807, 2.05) is 19.1 Å². The van der Waals surface area contributed by atoms with Crippen molar-refractivity contribution < 1.29 is 27.1 Å². The molecule has 9 heteroatoms. The molecule has 174 valence electrons. The first-order chi connectivity index (χ1) is 15.8. The van der Waals surface area contributed by atoms with Gasteiger partial charge >= 0.3 is 0 Å². The summed E-state index contributed by atoms with van der Waals surface area (Å²) in [4.78, 5) is 12.6. The number of sulfonamides is 1. The molecule has 0 saturated carbocycles. The smallest absolute Gasteiger partial charge is 0.265 e. The molecule has 0 radical (unpaired) electrons. The number of carbonyl (C=O) groups excluding carboxylic acids is 1. The van der Waals surface area contributed by atoms with E-state index in [9.17, 15) is 17.6 Å². The average molecular weight is 473 g/mol. The molecule has 3 rings (SSSR count). The summed E-state index contributed by atoms with van der Waals surface area (Å²) >= 11 is 0. The van der Waals surface area contributed by atoms with Gasteiger partial charge in [0, 0.05) is 11.8 Å². The fourth-order valence-electron chi connectivity index (χ4n) is 3.21. The second-order valence-corrected chi connectivity index (χ2v) is 8.94. The average Bonchev–Trinajstić information content (AvgIpc) is 2.83. The predicted octanol–water partition coefficient (Wildman–Crippen LogP) is 4.24. The summed E-state index contributed by atoms with van der Waals surface area (Å²) in [5.74, 6) is -0.872. The summed E-state index contributed by atoms with van der Waals surface area (Å²) in [5, 5.41) is 2.67. The number of ether oxygens (including phenoxy) is 2. The van der Waals surface area contributed by atoms with Gasteiger partial charge in [-0.05, 0) is 48.4 Å². The number of nitrogens with zero attached hydrogens (tertiary/aromatic N) is 1. The Labute approximate surface area is 192 Å². The Morgan fingerprint density at radius 1 is 0.970 bits per heavy atom. The third-order valence-corrected chi connectivity index (χ3v) is 6.75. The predicted molar refractivity (Wildman–Crippen MR) is 125 cm³/mol. The molecule has 0 atom stereocenters. The van der Waals surface area contributed by atoms with Gasteiger partial charge in [0.25, 0.3) is 10.0 Å². The largest absolute Gasteiger partial charge is 0.493 e. The maximum Gasteiger partial charge on any atom is 0.265 e. The van der Waals surface area contributed by atoms with Gasteiger partial charge in [-0.2, -0.15) is 0 Å². The topological polar surface area (TPSA) is 84.9 Å². The minimum atomic E-state index is -4.34. The van der Waals surface area contributed by atoms with E-state index in [0.29, 0.717) is 11.4 Å². The van der Waals surface area contributed by atoms with Gasteiger partial charge in [-0.1, -0.05) is 31.2 Å². The molecule has 0 unspecified atom stereocenters. The summed E-state index contributed by atoms with van der Waals surface area (Å²) in [6.07, 6.45) is 0.846. The molecule has 0 aliphatic heterocycles. The van der Waals surface area contributed by atoms with Crippen molar-refractivity contribution in [3.63, 3.8) is 0 Å². The highest BCUT2D eigenvalue weighted by molar-refractivity contribution is 7.92. The number of para-hydroxylation sites is 1. The Hall–Kier alpha value is -3.59. The van der Waals surface area contributed by atoms with Crippen molar-refractivity contribution in [3.05, 3.63) is 78.1 Å². The first kappa shape index (κ1) is 24.1. The van der Waals surface area contributed by atoms with Crippen LogP contribution in [0, 0.1) is 5.82 Å². The standard InChI is InChI=1S/C24H25FN2O5S/c1-4-17-9-11-18(12-10-17)26-24(28)16-27(21-8-6-5-7-20(21)25)33(29,30)19-13-14-22(31-2)23(15-19)32-3/h5-15H,4,16H2,1-3H3,(H,26,28). The third-order valence-electron chi connectivity index (χ3n) is 5.00. The van der Waals surface area contributed by atoms with Crippen molar-refractivity contribution in [1.29, 1.82) is 0 Å². The number of rotatable bonds is 9. The lowest BCUT2D eigenvalue weighted by molar-refractivity contribution is -0.114. The normalized spacial score (nSPS) is 11.0. The van der Waals surface area contributed by atoms with Crippen LogP contribution in [0.25, 0.3) is 0 Å². The number of amides is 1. The van der Waals surface area contributed by atoms with Crippen LogP contribution in [-0.4, -0.2) is 35.1 Å². The van der Waals surface area contributed by atoms with E-state index in [4.69, 9.17) is 9.47 Å². The molecule has 0 spiro atoms. The highest BCUT2D eigenvalue weighted by atomic mass is 32.2. The summed E-state index contributed by atoms with van der Waals surface area (Å²) in [6, 6.07) is 16.6. The van der Waals surface area contributed by atoms with Gasteiger partial charge in [-0.3, -0.25) is 9.10 Å². The van der Waals surface area contributed by atoms with Crippen molar-refractivity contribution in [2.45, 2.75) is 18.2 Å². The van der Waals surface area contributed by atoms with E-state index < -0.39 is 28.3 Å². The highest BCUT2D eigenvalue weighted by Gasteiger charge is 2.30. The Morgan fingerprint density at radius 2 is 1.64 bits per heavy atom. The van der Waals surface area contributed by atoms with Gasteiger partial charge in [-0.25, -0.2) is 12.8 Å². The Balaban J connectivity index is 1.97. The minimum Gasteiger partial charge on any atom is -0.493 e. The van der Waals surface area contributed by atoms with E-state index in [-0.39, 0.29) is 16.3 Å². The van der Waals surface area contributed by atoms with Crippen molar-refractivity contribution in [3.8, 4) is 11.5 Å². The number of hydrogen-bond donors (Lipinski definition) is 1. The number of nitrogens with one attached hydrogen (secondary N) is 1. The van der Waals surface area contributed by atoms with Gasteiger partial charge in [0.15, 0.2) is 11.5 Å². The fourth-order valence-corrected chi connectivity index (χ4v) is 4.66. The molecule has 0 aromatic heterocycles. The van der Waals surface area contributed by atoms with Crippen LogP contribution in [0.15, 0.2) is 71.6 Å². The van der Waals surface area contributed by atoms with Crippen LogP contribution in [0.3, 0.4) is 0 Å². The van der Waals surface area contributed by atoms with E-state index in [1.54, 1.807) is 12.1 Å². The summed E-state index contributed by atoms with van der Waals surface area (Å²) in [6.45, 7) is 1.38. The maximum atomic E-state index is 14.6. The Bertz CT molecular complexity index is 1230. The number of aryl methyl sites for hydroxylation is 1. The van der Waals surface area contributed by atoms with Gasteiger partial charge in [0.2, 0.25) is 5.91 Å². The number of halogens is 1. The molecular weight excluding hydrogens is 447 g/mol. The number of methoxy groups -OCH3 is 2. The first-order valence-electron chi connectivity index (χ1n) is 10.2. The van der Waals surface area contributed by atoms with Crippen molar-refractivity contribution in [1.82, 2.24) is 0 Å². The molecule has 1 amide bonds. The quantitative estimate of drug-likeness (QED) is 0.504. The van der Waals surface area contributed by atoms with Crippen LogP contribution in [-0.2, 0) is 21.2 Å². The Kier molecular flexibility index (Phi) is 7.55. The number of benzene rings is 3. The van der Waals surface area contributed by atoms with Crippen molar-refractivity contribution in [2.24, 2.45) is 0 Å². The zero-order valence-corrected chi connectivity index (χ0v) is 19.4. The molecule has 0 aliphatic rings. The molecule has 0 fully saturated rings. The Morgan fingerprint density at radius 3 is 2.24 bits per heavy atom. The first-order valence-corrected chi connectivity index (χ1v) is 11.6. The van der Waals surface area contributed by atoms with Crippen LogP contribution >= 0.6 is 0 Å². The molecule has 0 bridgehead atoms. The van der Waals surface area contributed by atoms with Crippen LogP contribution in [0.2, 0.25) is 0 Å². The van der Waals surface area contributed by atoms with Crippen LogP contribution in [0.5, 0.6) is 11.5 Å². The molecule has 1 N–H and O–H groups in total. The number of hydrogen-bond acceptors (Lipinski definition) is 5. The third kappa shape index (κ3) is 5.43. The second-order valence-electron chi connectivity index (χ2n) is 7.08. The van der Waals surface area contributed by atoms with Crippen LogP contribution in [0.4, 0.5) is 15.8 Å². The summed E-state index contributed by atoms with van der Waals surface area (Å²) < 4.78 is 52.7. The second kappa shape index (κ2) is 10.4. The summed E-state index contributed by atoms with van der Waals surface area (Å²) in [7, 11) is -1.53. The lowest BCUT2D eigenvalue weighted by atomic mass is 10.1. The van der Waals surface area contributed by atoms with Gasteiger partial charge in [0.1, 0.15) is 12.4 Å². The molecule has 3 aromatic rings. The number of anilines is 2. The molecule has 3 aromatic carbocycles. The zero-order valence-electron chi connectivity index (χ0n) is 18.5. The van der Waals surface area contributed by atoms with Crippen LogP contribution < -0.4 is 19.1 Å². The lowest BCUT2D eigenvalue weighted by Gasteiger charge is -2.25. The maximum absolute atomic E-state index is 14.6. The monoisotopic (exact) mass is 472 g/mol. The molecule has 0 saturated heterocycles. The van der Waals surface area contributed by atoms with Crippen molar-refractivity contribution in [2.75, 3.05) is 30.4 Å². The van der Waals surface area contributed by atoms with E-state index >= 15 is 0 Å². The number of carbonyl (C=O) groups is 1. The SMILES string of the molecule is CCc1ccc(NC(=O)CN(c2ccccc2F)S(=O)(=O)c2ccc(OC)c(OC)c2)cc1. The van der Waals surface area contributed by atoms with E-state index in [1.165, 1.54) is 50.6 Å². The zero-order chi connectivity index (χ0) is 24.0. The molecule has 7 nitrogen and oxygen atoms in total. The molecule has 33 heavy (non-hydrogen) atoms. The van der Waals surface area contributed by atoms with Crippen molar-refractivity contribution >= 4 is 27.3 Å².